The monoisotopic (exact) mass is 320 g/mol. The molecule has 3 aromatic heterocycles. The molecule has 1 fully saturated rings. The van der Waals surface area contributed by atoms with E-state index in [1.54, 1.807) is 18.7 Å². The quantitative estimate of drug-likeness (QED) is 0.769. The minimum atomic E-state index is 0.482. The van der Waals surface area contributed by atoms with Crippen molar-refractivity contribution in [2.24, 2.45) is 0 Å². The van der Waals surface area contributed by atoms with Crippen LogP contribution in [-0.4, -0.2) is 21.0 Å². The lowest BCUT2D eigenvalue weighted by atomic mass is 10.0. The molecule has 1 aliphatic carbocycles. The molecule has 3 aromatic rings. The number of nitrogens with zero attached hydrogens (tertiary/aromatic N) is 3. The molecule has 0 aromatic carbocycles. The summed E-state index contributed by atoms with van der Waals surface area (Å²) in [6.07, 6.45) is 12.1. The van der Waals surface area contributed by atoms with Gasteiger partial charge in [-0.1, -0.05) is 12.8 Å². The minimum Gasteiger partial charge on any atom is -0.469 e. The first-order valence-corrected chi connectivity index (χ1v) is 8.40. The van der Waals surface area contributed by atoms with Crippen molar-refractivity contribution in [2.75, 3.05) is 5.32 Å². The molecule has 4 rings (SSSR count). The van der Waals surface area contributed by atoms with Crippen LogP contribution in [0.3, 0.4) is 0 Å². The third-order valence-electron chi connectivity index (χ3n) is 4.58. The minimum absolute atomic E-state index is 0.482. The summed E-state index contributed by atoms with van der Waals surface area (Å²) >= 11 is 0. The number of pyridine rings is 1. The first-order chi connectivity index (χ1) is 11.8. The Morgan fingerprint density at radius 1 is 1.08 bits per heavy atom. The van der Waals surface area contributed by atoms with Crippen LogP contribution in [0.4, 0.5) is 5.95 Å². The maximum Gasteiger partial charge on any atom is 0.223 e. The van der Waals surface area contributed by atoms with Gasteiger partial charge in [0.05, 0.1) is 12.0 Å². The van der Waals surface area contributed by atoms with Crippen LogP contribution >= 0.6 is 0 Å². The summed E-state index contributed by atoms with van der Waals surface area (Å²) in [7, 11) is 0. The molecule has 0 saturated heterocycles. The largest absolute Gasteiger partial charge is 0.469 e. The second-order valence-electron chi connectivity index (χ2n) is 6.21. The fourth-order valence-electron chi connectivity index (χ4n) is 3.28. The second kappa shape index (κ2) is 6.43. The van der Waals surface area contributed by atoms with Crippen molar-refractivity contribution >= 4 is 5.95 Å². The normalized spacial score (nSPS) is 14.9. The Labute approximate surface area is 141 Å². The molecule has 0 bridgehead atoms. The van der Waals surface area contributed by atoms with Crippen molar-refractivity contribution in [3.8, 4) is 22.4 Å². The zero-order valence-electron chi connectivity index (χ0n) is 13.7. The molecular weight excluding hydrogens is 300 g/mol. The van der Waals surface area contributed by atoms with Crippen LogP contribution in [0.2, 0.25) is 0 Å². The number of rotatable bonds is 4. The number of nitrogens with one attached hydrogen (secondary N) is 1. The Hall–Kier alpha value is -2.69. The van der Waals surface area contributed by atoms with Crippen molar-refractivity contribution in [2.45, 2.75) is 38.6 Å². The fraction of sp³-hybridized carbons (Fsp3) is 0.316. The molecule has 3 heterocycles. The lowest BCUT2D eigenvalue weighted by Crippen LogP contribution is -2.16. The Morgan fingerprint density at radius 3 is 2.58 bits per heavy atom. The van der Waals surface area contributed by atoms with Gasteiger partial charge in [-0.3, -0.25) is 4.98 Å². The molecule has 0 radical (unpaired) electrons. The maximum atomic E-state index is 5.49. The SMILES string of the molecule is Cc1occc1-c1nc(NC2CCCC2)ncc1-c1ccncc1. The van der Waals surface area contributed by atoms with Gasteiger partial charge in [0.2, 0.25) is 5.95 Å². The number of hydrogen-bond acceptors (Lipinski definition) is 5. The standard InChI is InChI=1S/C19H20N4O/c1-13-16(8-11-24-13)18-17(14-6-9-20-10-7-14)12-21-19(23-18)22-15-4-2-3-5-15/h6-12,15H,2-5H2,1H3,(H,21,22,23). The highest BCUT2D eigenvalue weighted by atomic mass is 16.3. The van der Waals surface area contributed by atoms with E-state index in [4.69, 9.17) is 9.40 Å². The molecule has 0 atom stereocenters. The van der Waals surface area contributed by atoms with Crippen molar-refractivity contribution in [1.82, 2.24) is 15.0 Å². The summed E-state index contributed by atoms with van der Waals surface area (Å²) in [6, 6.07) is 6.39. The average molecular weight is 320 g/mol. The van der Waals surface area contributed by atoms with Crippen LogP contribution in [-0.2, 0) is 0 Å². The second-order valence-corrected chi connectivity index (χ2v) is 6.21. The average Bonchev–Trinajstić information content (AvgIpc) is 3.27. The molecule has 1 aliphatic rings. The van der Waals surface area contributed by atoms with Crippen LogP contribution in [0.5, 0.6) is 0 Å². The number of furan rings is 1. The summed E-state index contributed by atoms with van der Waals surface area (Å²) in [5.41, 5.74) is 3.92. The molecular formula is C19H20N4O. The first kappa shape index (κ1) is 14.9. The van der Waals surface area contributed by atoms with Crippen molar-refractivity contribution in [1.29, 1.82) is 0 Å². The Balaban J connectivity index is 1.77. The van der Waals surface area contributed by atoms with Gasteiger partial charge in [0.25, 0.3) is 0 Å². The summed E-state index contributed by atoms with van der Waals surface area (Å²) in [6.45, 7) is 1.96. The van der Waals surface area contributed by atoms with Crippen molar-refractivity contribution in [3.63, 3.8) is 0 Å². The van der Waals surface area contributed by atoms with Gasteiger partial charge < -0.3 is 9.73 Å². The van der Waals surface area contributed by atoms with Gasteiger partial charge in [-0.15, -0.1) is 0 Å². The first-order valence-electron chi connectivity index (χ1n) is 8.40. The van der Waals surface area contributed by atoms with E-state index in [1.807, 2.05) is 31.3 Å². The highest BCUT2D eigenvalue weighted by Crippen LogP contribution is 2.33. The molecule has 5 nitrogen and oxygen atoms in total. The number of aromatic nitrogens is 3. The van der Waals surface area contributed by atoms with E-state index in [0.29, 0.717) is 12.0 Å². The number of anilines is 1. The van der Waals surface area contributed by atoms with Gasteiger partial charge in [0, 0.05) is 35.8 Å². The smallest absolute Gasteiger partial charge is 0.223 e. The van der Waals surface area contributed by atoms with Crippen LogP contribution in [0.1, 0.15) is 31.4 Å². The Morgan fingerprint density at radius 2 is 1.88 bits per heavy atom. The lowest BCUT2D eigenvalue weighted by molar-refractivity contribution is 0.535. The number of hydrogen-bond donors (Lipinski definition) is 1. The van der Waals surface area contributed by atoms with Gasteiger partial charge in [0.1, 0.15) is 5.76 Å². The third-order valence-corrected chi connectivity index (χ3v) is 4.58. The van der Waals surface area contributed by atoms with Gasteiger partial charge in [-0.2, -0.15) is 0 Å². The predicted octanol–water partition coefficient (Wildman–Crippen LogP) is 4.46. The lowest BCUT2D eigenvalue weighted by Gasteiger charge is -2.14. The van der Waals surface area contributed by atoms with E-state index in [-0.39, 0.29) is 0 Å². The van der Waals surface area contributed by atoms with E-state index in [1.165, 1.54) is 25.7 Å². The Kier molecular flexibility index (Phi) is 3.99. The molecule has 0 aliphatic heterocycles. The molecule has 1 N–H and O–H groups in total. The highest BCUT2D eigenvalue weighted by molar-refractivity contribution is 5.81. The van der Waals surface area contributed by atoms with Crippen LogP contribution < -0.4 is 5.32 Å². The van der Waals surface area contributed by atoms with Gasteiger partial charge >= 0.3 is 0 Å². The maximum absolute atomic E-state index is 5.49. The van der Waals surface area contributed by atoms with E-state index in [9.17, 15) is 0 Å². The van der Waals surface area contributed by atoms with E-state index in [2.05, 4.69) is 15.3 Å². The van der Waals surface area contributed by atoms with E-state index in [0.717, 1.165) is 28.1 Å². The highest BCUT2D eigenvalue weighted by Gasteiger charge is 2.18. The van der Waals surface area contributed by atoms with Crippen LogP contribution in [0.15, 0.2) is 47.5 Å². The molecule has 0 spiro atoms. The van der Waals surface area contributed by atoms with Crippen molar-refractivity contribution < 1.29 is 4.42 Å². The van der Waals surface area contributed by atoms with Gasteiger partial charge in [-0.25, -0.2) is 9.97 Å². The molecule has 122 valence electrons. The van der Waals surface area contributed by atoms with Crippen molar-refractivity contribution in [3.05, 3.63) is 48.8 Å². The van der Waals surface area contributed by atoms with Crippen LogP contribution in [0.25, 0.3) is 22.4 Å². The zero-order valence-corrected chi connectivity index (χ0v) is 13.7. The van der Waals surface area contributed by atoms with Gasteiger partial charge in [0.15, 0.2) is 0 Å². The van der Waals surface area contributed by atoms with E-state index < -0.39 is 0 Å². The Bertz CT molecular complexity index is 822. The summed E-state index contributed by atoms with van der Waals surface area (Å²) < 4.78 is 5.49. The molecule has 1 saturated carbocycles. The summed E-state index contributed by atoms with van der Waals surface area (Å²) in [5.74, 6) is 1.55. The fourth-order valence-corrected chi connectivity index (χ4v) is 3.28. The van der Waals surface area contributed by atoms with Gasteiger partial charge in [-0.05, 0) is 43.5 Å². The molecule has 0 unspecified atom stereocenters. The molecule has 24 heavy (non-hydrogen) atoms. The summed E-state index contributed by atoms with van der Waals surface area (Å²) in [4.78, 5) is 13.5. The third kappa shape index (κ3) is 2.89. The van der Waals surface area contributed by atoms with Crippen LogP contribution in [0, 0.1) is 6.92 Å². The molecule has 0 amide bonds. The van der Waals surface area contributed by atoms with E-state index >= 15 is 0 Å². The molecule has 5 heteroatoms. The topological polar surface area (TPSA) is 63.8 Å². The zero-order chi connectivity index (χ0) is 16.4. The predicted molar refractivity (Wildman–Crippen MR) is 93.6 cm³/mol. The number of aryl methyl sites for hydroxylation is 1. The summed E-state index contributed by atoms with van der Waals surface area (Å²) in [5, 5.41) is 3.48.